The molecule has 2 aromatic rings. The molecule has 1 fully saturated rings. The van der Waals surface area contributed by atoms with Crippen molar-refractivity contribution in [2.45, 2.75) is 31.3 Å². The predicted molar refractivity (Wildman–Crippen MR) is 114 cm³/mol. The lowest BCUT2D eigenvalue weighted by Crippen LogP contribution is -2.37. The molecule has 2 aromatic carbocycles. The van der Waals surface area contributed by atoms with E-state index in [1.807, 2.05) is 12.1 Å². The maximum Gasteiger partial charge on any atom is 0.257 e. The Morgan fingerprint density at radius 1 is 1.21 bits per heavy atom. The summed E-state index contributed by atoms with van der Waals surface area (Å²) < 4.78 is 32.6. The number of carbonyl (C=O) groups is 1. The Labute approximate surface area is 176 Å². The molecule has 0 radical (unpaired) electrons. The fourth-order valence-electron chi connectivity index (χ4n) is 3.32. The van der Waals surface area contributed by atoms with Crippen LogP contribution in [0.1, 0.15) is 35.7 Å². The van der Waals surface area contributed by atoms with Crippen molar-refractivity contribution >= 4 is 33.2 Å². The molecule has 0 spiro atoms. The highest BCUT2D eigenvalue weighted by Crippen LogP contribution is 2.27. The third-order valence-corrected chi connectivity index (χ3v) is 7.28. The fourth-order valence-corrected chi connectivity index (χ4v) is 5.02. The first-order chi connectivity index (χ1) is 13.8. The lowest BCUT2D eigenvalue weighted by atomic mass is 10.0. The molecule has 1 aliphatic heterocycles. The van der Waals surface area contributed by atoms with Crippen molar-refractivity contribution in [2.75, 3.05) is 25.5 Å². The van der Waals surface area contributed by atoms with E-state index in [4.69, 9.17) is 16.3 Å². The molecule has 8 heteroatoms. The van der Waals surface area contributed by atoms with Crippen LogP contribution < -0.4 is 5.32 Å². The van der Waals surface area contributed by atoms with Crippen molar-refractivity contribution in [3.8, 4) is 0 Å². The van der Waals surface area contributed by atoms with Crippen LogP contribution in [0, 0.1) is 5.92 Å². The average Bonchev–Trinajstić information content (AvgIpc) is 2.69. The minimum absolute atomic E-state index is 0.0785. The molecule has 0 aliphatic carbocycles. The molecule has 1 aliphatic rings. The normalized spacial score (nSPS) is 16.0. The summed E-state index contributed by atoms with van der Waals surface area (Å²) in [7, 11) is -2.07. The predicted octanol–water partition coefficient (Wildman–Crippen LogP) is 4.16. The van der Waals surface area contributed by atoms with Crippen LogP contribution in [0.15, 0.2) is 47.4 Å². The van der Waals surface area contributed by atoms with Crippen LogP contribution in [0.25, 0.3) is 0 Å². The summed E-state index contributed by atoms with van der Waals surface area (Å²) in [6.07, 6.45) is 1.66. The number of methoxy groups -OCH3 is 1. The molecule has 29 heavy (non-hydrogen) atoms. The zero-order chi connectivity index (χ0) is 21.0. The lowest BCUT2D eigenvalue weighted by Gasteiger charge is -2.29. The Bertz CT molecular complexity index is 986. The number of carbonyl (C=O) groups excluding carboxylic acids is 1. The van der Waals surface area contributed by atoms with E-state index in [1.165, 1.54) is 22.5 Å². The van der Waals surface area contributed by atoms with Crippen molar-refractivity contribution in [1.82, 2.24) is 4.31 Å². The van der Waals surface area contributed by atoms with E-state index in [-0.39, 0.29) is 15.5 Å². The van der Waals surface area contributed by atoms with Gasteiger partial charge < -0.3 is 10.1 Å². The summed E-state index contributed by atoms with van der Waals surface area (Å²) >= 11 is 6.20. The van der Waals surface area contributed by atoms with Gasteiger partial charge in [-0.3, -0.25) is 4.79 Å². The highest BCUT2D eigenvalue weighted by Gasteiger charge is 2.29. The number of halogens is 1. The van der Waals surface area contributed by atoms with Gasteiger partial charge in [-0.25, -0.2) is 8.42 Å². The van der Waals surface area contributed by atoms with Gasteiger partial charge in [-0.15, -0.1) is 0 Å². The summed E-state index contributed by atoms with van der Waals surface area (Å²) in [5.74, 6) is 0.0516. The van der Waals surface area contributed by atoms with Crippen LogP contribution in [-0.4, -0.2) is 38.8 Å². The van der Waals surface area contributed by atoms with Crippen LogP contribution >= 0.6 is 11.6 Å². The Kier molecular flexibility index (Phi) is 6.95. The van der Waals surface area contributed by atoms with E-state index in [1.54, 1.807) is 19.2 Å². The molecule has 0 saturated carbocycles. The number of piperidine rings is 1. The Morgan fingerprint density at radius 2 is 1.93 bits per heavy atom. The lowest BCUT2D eigenvalue weighted by molar-refractivity contribution is 0.102. The van der Waals surface area contributed by atoms with Gasteiger partial charge in [0, 0.05) is 25.9 Å². The number of anilines is 1. The van der Waals surface area contributed by atoms with Gasteiger partial charge in [0.2, 0.25) is 10.0 Å². The van der Waals surface area contributed by atoms with Crippen LogP contribution in [-0.2, 0) is 21.4 Å². The highest BCUT2D eigenvalue weighted by atomic mass is 35.5. The molecule has 0 unspecified atom stereocenters. The smallest absolute Gasteiger partial charge is 0.257 e. The first-order valence-electron chi connectivity index (χ1n) is 9.50. The molecule has 1 amide bonds. The second-order valence-electron chi connectivity index (χ2n) is 7.32. The molecular weight excluding hydrogens is 412 g/mol. The first-order valence-corrected chi connectivity index (χ1v) is 11.3. The molecule has 3 rings (SSSR count). The minimum Gasteiger partial charge on any atom is -0.380 e. The summed E-state index contributed by atoms with van der Waals surface area (Å²) in [6, 6.07) is 11.5. The monoisotopic (exact) mass is 436 g/mol. The average molecular weight is 437 g/mol. The van der Waals surface area contributed by atoms with E-state index in [2.05, 4.69) is 12.2 Å². The van der Waals surface area contributed by atoms with Gasteiger partial charge >= 0.3 is 0 Å². The third-order valence-electron chi connectivity index (χ3n) is 5.06. The van der Waals surface area contributed by atoms with E-state index >= 15 is 0 Å². The maximum atomic E-state index is 13.0. The second-order valence-corrected chi connectivity index (χ2v) is 9.66. The number of hydrogen-bond acceptors (Lipinski definition) is 4. The number of benzene rings is 2. The summed E-state index contributed by atoms with van der Waals surface area (Å²) in [5, 5.41) is 2.97. The molecule has 0 atom stereocenters. The molecular formula is C21H25ClN2O4S. The van der Waals surface area contributed by atoms with Gasteiger partial charge in [0.15, 0.2) is 0 Å². The maximum absolute atomic E-state index is 13.0. The fraction of sp³-hybridized carbons (Fsp3) is 0.381. The molecule has 1 saturated heterocycles. The Balaban J connectivity index is 1.83. The largest absolute Gasteiger partial charge is 0.380 e. The molecule has 6 nitrogen and oxygen atoms in total. The van der Waals surface area contributed by atoms with Crippen LogP contribution in [0.5, 0.6) is 0 Å². The SMILES string of the molecule is COCc1cccc(NC(=O)c2cc(S(=O)(=O)N3CCC(C)CC3)ccc2Cl)c1. The van der Waals surface area contributed by atoms with Gasteiger partial charge in [-0.05, 0) is 54.7 Å². The van der Waals surface area contributed by atoms with Crippen molar-refractivity contribution in [3.63, 3.8) is 0 Å². The number of nitrogens with zero attached hydrogens (tertiary/aromatic N) is 1. The Hall–Kier alpha value is -1.93. The zero-order valence-electron chi connectivity index (χ0n) is 16.5. The highest BCUT2D eigenvalue weighted by molar-refractivity contribution is 7.89. The number of hydrogen-bond donors (Lipinski definition) is 1. The summed E-state index contributed by atoms with van der Waals surface area (Å²) in [6.45, 7) is 3.52. The third kappa shape index (κ3) is 5.17. The van der Waals surface area contributed by atoms with Gasteiger partial charge in [-0.1, -0.05) is 30.7 Å². The first kappa shape index (κ1) is 21.8. The molecule has 1 N–H and O–H groups in total. The van der Waals surface area contributed by atoms with Crippen LogP contribution in [0.4, 0.5) is 5.69 Å². The molecule has 0 aromatic heterocycles. The number of ether oxygens (including phenoxy) is 1. The number of sulfonamides is 1. The molecule has 0 bridgehead atoms. The zero-order valence-corrected chi connectivity index (χ0v) is 18.1. The topological polar surface area (TPSA) is 75.7 Å². The van der Waals surface area contributed by atoms with Crippen molar-refractivity contribution in [3.05, 3.63) is 58.6 Å². The van der Waals surface area contributed by atoms with Gasteiger partial charge in [0.05, 0.1) is 22.1 Å². The van der Waals surface area contributed by atoms with Gasteiger partial charge in [-0.2, -0.15) is 4.31 Å². The van der Waals surface area contributed by atoms with E-state index in [9.17, 15) is 13.2 Å². The number of rotatable bonds is 6. The van der Waals surface area contributed by atoms with E-state index in [0.717, 1.165) is 18.4 Å². The van der Waals surface area contributed by atoms with Crippen molar-refractivity contribution < 1.29 is 17.9 Å². The van der Waals surface area contributed by atoms with Gasteiger partial charge in [0.1, 0.15) is 0 Å². The number of amides is 1. The summed E-state index contributed by atoms with van der Waals surface area (Å²) in [4.78, 5) is 12.8. The van der Waals surface area contributed by atoms with Crippen LogP contribution in [0.2, 0.25) is 5.02 Å². The van der Waals surface area contributed by atoms with Crippen molar-refractivity contribution in [1.29, 1.82) is 0 Å². The minimum atomic E-state index is -3.67. The van der Waals surface area contributed by atoms with E-state index in [0.29, 0.717) is 31.3 Å². The number of nitrogens with one attached hydrogen (secondary N) is 1. The Morgan fingerprint density at radius 3 is 2.62 bits per heavy atom. The molecule has 156 valence electrons. The molecule has 1 heterocycles. The second kappa shape index (κ2) is 9.26. The van der Waals surface area contributed by atoms with Gasteiger partial charge in [0.25, 0.3) is 5.91 Å². The van der Waals surface area contributed by atoms with E-state index < -0.39 is 15.9 Å². The standard InChI is InChI=1S/C21H25ClN2O4S/c1-15-8-10-24(11-9-15)29(26,27)18-6-7-20(22)19(13-18)21(25)23-17-5-3-4-16(12-17)14-28-2/h3-7,12-13,15H,8-11,14H2,1-2H3,(H,23,25). The van der Waals surface area contributed by atoms with Crippen molar-refractivity contribution in [2.24, 2.45) is 5.92 Å². The summed E-state index contributed by atoms with van der Waals surface area (Å²) in [5.41, 5.74) is 1.61. The quantitative estimate of drug-likeness (QED) is 0.737. The van der Waals surface area contributed by atoms with Crippen LogP contribution in [0.3, 0.4) is 0 Å².